The summed E-state index contributed by atoms with van der Waals surface area (Å²) >= 11 is 1.75. The number of aromatic nitrogens is 1. The van der Waals surface area contributed by atoms with Crippen molar-refractivity contribution in [3.05, 3.63) is 51.2 Å². The molecular weight excluding hydrogens is 283 g/mol. The lowest BCUT2D eigenvalue weighted by atomic mass is 9.85. The van der Waals surface area contributed by atoms with E-state index in [9.17, 15) is 4.39 Å². The Morgan fingerprint density at radius 3 is 2.52 bits per heavy atom. The van der Waals surface area contributed by atoms with Gasteiger partial charge in [-0.1, -0.05) is 19.1 Å². The van der Waals surface area contributed by atoms with Crippen molar-refractivity contribution in [3.8, 4) is 0 Å². The predicted octanol–water partition coefficient (Wildman–Crippen LogP) is 4.42. The van der Waals surface area contributed by atoms with Gasteiger partial charge in [0.1, 0.15) is 10.8 Å². The topological polar surface area (TPSA) is 24.9 Å². The van der Waals surface area contributed by atoms with Crippen molar-refractivity contribution in [1.29, 1.82) is 0 Å². The number of rotatable bonds is 6. The molecule has 1 N–H and O–H groups in total. The zero-order valence-corrected chi connectivity index (χ0v) is 14.0. The van der Waals surface area contributed by atoms with Crippen LogP contribution in [0.2, 0.25) is 0 Å². The number of hydrogen-bond acceptors (Lipinski definition) is 3. The van der Waals surface area contributed by atoms with Gasteiger partial charge < -0.3 is 5.32 Å². The molecular formula is C17H23FN2S. The van der Waals surface area contributed by atoms with E-state index >= 15 is 0 Å². The van der Waals surface area contributed by atoms with Crippen molar-refractivity contribution in [2.24, 2.45) is 0 Å². The van der Waals surface area contributed by atoms with E-state index in [1.165, 1.54) is 17.0 Å². The standard InChI is InChI=1S/C17H23FN2S/c1-5-10-19-11-15-12(2)20-16(21-15)17(3,4)13-6-8-14(18)9-7-13/h6-9,19H,5,10-11H2,1-4H3. The van der Waals surface area contributed by atoms with Gasteiger partial charge in [0.15, 0.2) is 0 Å². The largest absolute Gasteiger partial charge is 0.312 e. The number of aryl methyl sites for hydroxylation is 1. The minimum absolute atomic E-state index is 0.200. The van der Waals surface area contributed by atoms with E-state index in [2.05, 4.69) is 33.0 Å². The summed E-state index contributed by atoms with van der Waals surface area (Å²) in [5.74, 6) is -0.200. The van der Waals surface area contributed by atoms with Crippen LogP contribution in [0.25, 0.3) is 0 Å². The zero-order valence-electron chi connectivity index (χ0n) is 13.2. The number of thiazole rings is 1. The van der Waals surface area contributed by atoms with Gasteiger partial charge >= 0.3 is 0 Å². The van der Waals surface area contributed by atoms with Gasteiger partial charge in [0.2, 0.25) is 0 Å². The van der Waals surface area contributed by atoms with Gasteiger partial charge in [0.05, 0.1) is 5.69 Å². The third kappa shape index (κ3) is 3.69. The summed E-state index contributed by atoms with van der Waals surface area (Å²) in [7, 11) is 0. The van der Waals surface area contributed by atoms with Crippen LogP contribution in [-0.2, 0) is 12.0 Å². The monoisotopic (exact) mass is 306 g/mol. The Morgan fingerprint density at radius 2 is 1.90 bits per heavy atom. The molecule has 2 rings (SSSR count). The van der Waals surface area contributed by atoms with Crippen molar-refractivity contribution in [1.82, 2.24) is 10.3 Å². The second-order valence-corrected chi connectivity index (χ2v) is 6.92. The van der Waals surface area contributed by atoms with Crippen LogP contribution in [0.4, 0.5) is 4.39 Å². The maximum Gasteiger partial charge on any atom is 0.123 e. The van der Waals surface area contributed by atoms with E-state index < -0.39 is 0 Å². The van der Waals surface area contributed by atoms with Gasteiger partial charge in [-0.05, 0) is 51.4 Å². The first-order valence-electron chi connectivity index (χ1n) is 7.38. The highest BCUT2D eigenvalue weighted by atomic mass is 32.1. The Kier molecular flexibility index (Phi) is 5.12. The lowest BCUT2D eigenvalue weighted by molar-refractivity contribution is 0.611. The molecule has 0 saturated carbocycles. The zero-order chi connectivity index (χ0) is 15.5. The molecule has 0 atom stereocenters. The van der Waals surface area contributed by atoms with Gasteiger partial charge in [-0.2, -0.15) is 0 Å². The summed E-state index contributed by atoms with van der Waals surface area (Å²) < 4.78 is 13.1. The second kappa shape index (κ2) is 6.67. The molecule has 0 spiro atoms. The number of nitrogens with one attached hydrogen (secondary N) is 1. The van der Waals surface area contributed by atoms with E-state index in [1.54, 1.807) is 11.3 Å². The smallest absolute Gasteiger partial charge is 0.123 e. The Hall–Kier alpha value is -1.26. The lowest BCUT2D eigenvalue weighted by Gasteiger charge is -2.22. The van der Waals surface area contributed by atoms with Crippen LogP contribution in [0.3, 0.4) is 0 Å². The fraction of sp³-hybridized carbons (Fsp3) is 0.471. The molecule has 0 aliphatic carbocycles. The fourth-order valence-electron chi connectivity index (χ4n) is 2.23. The van der Waals surface area contributed by atoms with Crippen LogP contribution in [0.15, 0.2) is 24.3 Å². The Labute approximate surface area is 130 Å². The first-order chi connectivity index (χ1) is 9.95. The number of benzene rings is 1. The van der Waals surface area contributed by atoms with Crippen molar-refractivity contribution >= 4 is 11.3 Å². The summed E-state index contributed by atoms with van der Waals surface area (Å²) in [6, 6.07) is 6.73. The number of nitrogens with zero attached hydrogens (tertiary/aromatic N) is 1. The molecule has 2 aromatic rings. The Balaban J connectivity index is 2.23. The van der Waals surface area contributed by atoms with Crippen LogP contribution in [0, 0.1) is 12.7 Å². The van der Waals surface area contributed by atoms with Gasteiger partial charge in [-0.3, -0.25) is 0 Å². The summed E-state index contributed by atoms with van der Waals surface area (Å²) in [5, 5.41) is 4.51. The van der Waals surface area contributed by atoms with Crippen molar-refractivity contribution in [3.63, 3.8) is 0 Å². The second-order valence-electron chi connectivity index (χ2n) is 5.84. The van der Waals surface area contributed by atoms with Crippen LogP contribution in [-0.4, -0.2) is 11.5 Å². The maximum absolute atomic E-state index is 13.1. The van der Waals surface area contributed by atoms with Crippen molar-refractivity contribution in [2.45, 2.75) is 46.1 Å². The van der Waals surface area contributed by atoms with E-state index in [-0.39, 0.29) is 11.2 Å². The molecule has 4 heteroatoms. The van der Waals surface area contributed by atoms with E-state index in [4.69, 9.17) is 4.98 Å². The minimum atomic E-state index is -0.202. The molecule has 1 aromatic heterocycles. The van der Waals surface area contributed by atoms with Crippen LogP contribution in [0.5, 0.6) is 0 Å². The lowest BCUT2D eigenvalue weighted by Crippen LogP contribution is -2.18. The van der Waals surface area contributed by atoms with Gasteiger partial charge in [0.25, 0.3) is 0 Å². The summed E-state index contributed by atoms with van der Waals surface area (Å²) in [5.41, 5.74) is 1.98. The van der Waals surface area contributed by atoms with Gasteiger partial charge in [-0.15, -0.1) is 11.3 Å². The summed E-state index contributed by atoms with van der Waals surface area (Å²) in [4.78, 5) is 6.03. The molecule has 21 heavy (non-hydrogen) atoms. The van der Waals surface area contributed by atoms with E-state index in [0.717, 1.165) is 35.8 Å². The highest BCUT2D eigenvalue weighted by molar-refractivity contribution is 7.11. The SMILES string of the molecule is CCCNCc1sc(C(C)(C)c2ccc(F)cc2)nc1C. The molecule has 0 radical (unpaired) electrons. The van der Waals surface area contributed by atoms with Crippen LogP contribution in [0.1, 0.15) is 48.3 Å². The first kappa shape index (κ1) is 16.1. The van der Waals surface area contributed by atoms with Crippen molar-refractivity contribution in [2.75, 3.05) is 6.54 Å². The molecule has 114 valence electrons. The molecule has 0 aliphatic rings. The maximum atomic E-state index is 13.1. The molecule has 1 heterocycles. The molecule has 2 nitrogen and oxygen atoms in total. The van der Waals surface area contributed by atoms with Gasteiger partial charge in [-0.25, -0.2) is 9.37 Å². The van der Waals surface area contributed by atoms with Gasteiger partial charge in [0, 0.05) is 16.8 Å². The molecule has 0 unspecified atom stereocenters. The van der Waals surface area contributed by atoms with E-state index in [0.29, 0.717) is 0 Å². The van der Waals surface area contributed by atoms with E-state index in [1.807, 2.05) is 12.1 Å². The highest BCUT2D eigenvalue weighted by Crippen LogP contribution is 2.35. The normalized spacial score (nSPS) is 11.9. The third-order valence-corrected chi connectivity index (χ3v) is 5.19. The molecule has 0 saturated heterocycles. The number of halogens is 1. The van der Waals surface area contributed by atoms with Crippen LogP contribution < -0.4 is 5.32 Å². The minimum Gasteiger partial charge on any atom is -0.312 e. The third-order valence-electron chi connectivity index (χ3n) is 3.71. The molecule has 0 bridgehead atoms. The average Bonchev–Trinajstić information content (AvgIpc) is 2.82. The van der Waals surface area contributed by atoms with Crippen LogP contribution >= 0.6 is 11.3 Å². The Morgan fingerprint density at radius 1 is 1.24 bits per heavy atom. The summed E-state index contributed by atoms with van der Waals surface area (Å²) in [6.45, 7) is 10.4. The quantitative estimate of drug-likeness (QED) is 0.799. The first-order valence-corrected chi connectivity index (χ1v) is 8.20. The highest BCUT2D eigenvalue weighted by Gasteiger charge is 2.27. The fourth-order valence-corrected chi connectivity index (χ4v) is 3.38. The average molecular weight is 306 g/mol. The molecule has 0 fully saturated rings. The Bertz CT molecular complexity index is 587. The number of hydrogen-bond donors (Lipinski definition) is 1. The van der Waals surface area contributed by atoms with Crippen molar-refractivity contribution < 1.29 is 4.39 Å². The summed E-state index contributed by atoms with van der Waals surface area (Å²) in [6.07, 6.45) is 1.13. The predicted molar refractivity (Wildman–Crippen MR) is 87.4 cm³/mol. The molecule has 0 amide bonds. The molecule has 1 aromatic carbocycles. The molecule has 0 aliphatic heterocycles.